The van der Waals surface area contributed by atoms with E-state index in [9.17, 15) is 9.90 Å². The Labute approximate surface area is 131 Å². The van der Waals surface area contributed by atoms with E-state index in [1.807, 2.05) is 0 Å². The average molecular weight is 315 g/mol. The van der Waals surface area contributed by atoms with Gasteiger partial charge >= 0.3 is 0 Å². The summed E-state index contributed by atoms with van der Waals surface area (Å²) in [5.74, 6) is 0.932. The molecule has 2 atom stereocenters. The molecule has 0 saturated carbocycles. The highest BCUT2D eigenvalue weighted by Crippen LogP contribution is 2.28. The standard InChI is InChI=1S/C15H22N2O3.ClH/c1-10-5-6-17(11(7-10)9-16)15(19)13-8-12(20-2)3-4-14(13)18;/h3-4,8,10-11,18H,5-7,9,16H2,1-2H3;1H. The van der Waals surface area contributed by atoms with Gasteiger partial charge < -0.3 is 20.5 Å². The van der Waals surface area contributed by atoms with Crippen LogP contribution in [0.1, 0.15) is 30.1 Å². The van der Waals surface area contributed by atoms with Gasteiger partial charge in [0.05, 0.1) is 12.7 Å². The van der Waals surface area contributed by atoms with Crippen LogP contribution in [0.2, 0.25) is 0 Å². The summed E-state index contributed by atoms with van der Waals surface area (Å²) >= 11 is 0. The number of hydrogen-bond donors (Lipinski definition) is 2. The third-order valence-corrected chi connectivity index (χ3v) is 3.95. The minimum atomic E-state index is -0.177. The summed E-state index contributed by atoms with van der Waals surface area (Å²) in [4.78, 5) is 14.4. The molecule has 1 aliphatic heterocycles. The van der Waals surface area contributed by atoms with E-state index in [1.54, 1.807) is 17.0 Å². The lowest BCUT2D eigenvalue weighted by atomic mass is 9.92. The van der Waals surface area contributed by atoms with Crippen molar-refractivity contribution in [3.63, 3.8) is 0 Å². The Hall–Kier alpha value is -1.46. The van der Waals surface area contributed by atoms with Crippen molar-refractivity contribution in [3.8, 4) is 11.5 Å². The van der Waals surface area contributed by atoms with Gasteiger partial charge in [0.2, 0.25) is 0 Å². The van der Waals surface area contributed by atoms with Gasteiger partial charge in [-0.1, -0.05) is 6.92 Å². The number of likely N-dealkylation sites (tertiary alicyclic amines) is 1. The first-order chi connectivity index (χ1) is 9.56. The number of amides is 1. The van der Waals surface area contributed by atoms with Crippen molar-refractivity contribution in [2.75, 3.05) is 20.2 Å². The molecule has 3 N–H and O–H groups in total. The molecular formula is C15H23ClN2O3. The molecular weight excluding hydrogens is 292 g/mol. The van der Waals surface area contributed by atoms with Crippen LogP contribution in [0.25, 0.3) is 0 Å². The van der Waals surface area contributed by atoms with Crippen molar-refractivity contribution in [1.82, 2.24) is 4.90 Å². The van der Waals surface area contributed by atoms with E-state index in [2.05, 4.69) is 6.92 Å². The predicted octanol–water partition coefficient (Wildman–Crippen LogP) is 2.02. The second kappa shape index (κ2) is 7.52. The number of benzene rings is 1. The molecule has 0 spiro atoms. The molecule has 1 aromatic rings. The molecule has 2 rings (SSSR count). The molecule has 0 bridgehead atoms. The van der Waals surface area contributed by atoms with Crippen LogP contribution in [0.4, 0.5) is 0 Å². The van der Waals surface area contributed by atoms with Crippen molar-refractivity contribution in [3.05, 3.63) is 23.8 Å². The van der Waals surface area contributed by atoms with Crippen molar-refractivity contribution in [2.45, 2.75) is 25.8 Å². The molecule has 1 aromatic carbocycles. The molecule has 21 heavy (non-hydrogen) atoms. The van der Waals surface area contributed by atoms with E-state index in [4.69, 9.17) is 10.5 Å². The van der Waals surface area contributed by atoms with E-state index in [-0.39, 0.29) is 35.7 Å². The number of carbonyl (C=O) groups is 1. The Kier molecular flexibility index (Phi) is 6.30. The SMILES string of the molecule is COc1ccc(O)c(C(=O)N2CCC(C)CC2CN)c1.Cl. The zero-order valence-corrected chi connectivity index (χ0v) is 13.2. The number of phenols is 1. The molecule has 0 aromatic heterocycles. The van der Waals surface area contributed by atoms with E-state index in [1.165, 1.54) is 13.2 Å². The Morgan fingerprint density at radius 2 is 2.24 bits per heavy atom. The Morgan fingerprint density at radius 1 is 1.52 bits per heavy atom. The molecule has 2 unspecified atom stereocenters. The first-order valence-corrected chi connectivity index (χ1v) is 6.94. The number of nitrogens with zero attached hydrogens (tertiary/aromatic N) is 1. The summed E-state index contributed by atoms with van der Waals surface area (Å²) in [5, 5.41) is 9.91. The highest BCUT2D eigenvalue weighted by atomic mass is 35.5. The highest BCUT2D eigenvalue weighted by molar-refractivity contribution is 5.97. The third kappa shape index (κ3) is 3.80. The molecule has 118 valence electrons. The zero-order valence-electron chi connectivity index (χ0n) is 12.4. The molecule has 1 saturated heterocycles. The van der Waals surface area contributed by atoms with Gasteiger partial charge in [-0.25, -0.2) is 0 Å². The number of aromatic hydroxyl groups is 1. The monoisotopic (exact) mass is 314 g/mol. The lowest BCUT2D eigenvalue weighted by Crippen LogP contribution is -2.49. The van der Waals surface area contributed by atoms with Gasteiger partial charge in [-0.15, -0.1) is 12.4 Å². The fourth-order valence-corrected chi connectivity index (χ4v) is 2.71. The maximum atomic E-state index is 12.6. The summed E-state index contributed by atoms with van der Waals surface area (Å²) in [5.41, 5.74) is 6.06. The van der Waals surface area contributed by atoms with Gasteiger partial charge in [-0.2, -0.15) is 0 Å². The van der Waals surface area contributed by atoms with E-state index >= 15 is 0 Å². The highest BCUT2D eigenvalue weighted by Gasteiger charge is 2.30. The smallest absolute Gasteiger partial charge is 0.258 e. The number of halogens is 1. The van der Waals surface area contributed by atoms with Gasteiger partial charge in [0, 0.05) is 19.1 Å². The Balaban J connectivity index is 0.00000220. The third-order valence-electron chi connectivity index (χ3n) is 3.95. The molecule has 1 fully saturated rings. The summed E-state index contributed by atoms with van der Waals surface area (Å²) in [6, 6.07) is 4.72. The molecule has 5 nitrogen and oxygen atoms in total. The average Bonchev–Trinajstić information content (AvgIpc) is 2.47. The number of ether oxygens (including phenoxy) is 1. The molecule has 0 aliphatic carbocycles. The summed E-state index contributed by atoms with van der Waals surface area (Å²) in [7, 11) is 1.53. The van der Waals surface area contributed by atoms with Crippen LogP contribution in [0.5, 0.6) is 11.5 Å². The normalized spacial score (nSPS) is 21.6. The van der Waals surface area contributed by atoms with Gasteiger partial charge in [0.25, 0.3) is 5.91 Å². The number of methoxy groups -OCH3 is 1. The van der Waals surface area contributed by atoms with E-state index in [0.717, 1.165) is 12.8 Å². The number of nitrogens with two attached hydrogens (primary N) is 1. The van der Waals surface area contributed by atoms with Crippen LogP contribution in [-0.2, 0) is 0 Å². The van der Waals surface area contributed by atoms with Crippen molar-refractivity contribution >= 4 is 18.3 Å². The number of phenolic OH excluding ortho intramolecular Hbond substituents is 1. The fourth-order valence-electron chi connectivity index (χ4n) is 2.71. The molecule has 1 aliphatic rings. The number of carbonyl (C=O) groups excluding carboxylic acids is 1. The van der Waals surface area contributed by atoms with Gasteiger partial charge in [-0.3, -0.25) is 4.79 Å². The van der Waals surface area contributed by atoms with Crippen LogP contribution in [0, 0.1) is 5.92 Å². The van der Waals surface area contributed by atoms with Crippen LogP contribution in [0.3, 0.4) is 0 Å². The van der Waals surface area contributed by atoms with Crippen LogP contribution >= 0.6 is 12.4 Å². The van der Waals surface area contributed by atoms with Gasteiger partial charge in [0.15, 0.2) is 0 Å². The first kappa shape index (κ1) is 17.6. The summed E-state index contributed by atoms with van der Waals surface area (Å²) in [6.07, 6.45) is 1.87. The van der Waals surface area contributed by atoms with Crippen molar-refractivity contribution < 1.29 is 14.6 Å². The van der Waals surface area contributed by atoms with Crippen molar-refractivity contribution in [1.29, 1.82) is 0 Å². The summed E-state index contributed by atoms with van der Waals surface area (Å²) in [6.45, 7) is 3.30. The Morgan fingerprint density at radius 3 is 2.86 bits per heavy atom. The zero-order chi connectivity index (χ0) is 14.7. The number of rotatable bonds is 3. The minimum absolute atomic E-state index is 0. The molecule has 1 heterocycles. The maximum absolute atomic E-state index is 12.6. The predicted molar refractivity (Wildman–Crippen MR) is 84.2 cm³/mol. The van der Waals surface area contributed by atoms with Gasteiger partial charge in [0.1, 0.15) is 11.5 Å². The molecule has 6 heteroatoms. The number of piperidine rings is 1. The van der Waals surface area contributed by atoms with Crippen LogP contribution in [-0.4, -0.2) is 42.2 Å². The second-order valence-corrected chi connectivity index (χ2v) is 5.40. The Bertz CT molecular complexity index is 496. The number of hydrogen-bond acceptors (Lipinski definition) is 4. The first-order valence-electron chi connectivity index (χ1n) is 6.94. The van der Waals surface area contributed by atoms with Crippen molar-refractivity contribution in [2.24, 2.45) is 11.7 Å². The lowest BCUT2D eigenvalue weighted by molar-refractivity contribution is 0.0570. The molecule has 1 amide bonds. The van der Waals surface area contributed by atoms with Gasteiger partial charge in [-0.05, 0) is 37.0 Å². The van der Waals surface area contributed by atoms with E-state index in [0.29, 0.717) is 24.8 Å². The lowest BCUT2D eigenvalue weighted by Gasteiger charge is -2.38. The minimum Gasteiger partial charge on any atom is -0.507 e. The second-order valence-electron chi connectivity index (χ2n) is 5.40. The summed E-state index contributed by atoms with van der Waals surface area (Å²) < 4.78 is 5.11. The topological polar surface area (TPSA) is 75.8 Å². The quantitative estimate of drug-likeness (QED) is 0.895. The fraction of sp³-hybridized carbons (Fsp3) is 0.533. The van der Waals surface area contributed by atoms with E-state index < -0.39 is 0 Å². The maximum Gasteiger partial charge on any atom is 0.258 e. The van der Waals surface area contributed by atoms with Crippen LogP contribution in [0.15, 0.2) is 18.2 Å². The largest absolute Gasteiger partial charge is 0.507 e. The molecule has 0 radical (unpaired) electrons. The van der Waals surface area contributed by atoms with Crippen LogP contribution < -0.4 is 10.5 Å².